The Hall–Kier alpha value is -5.63. The largest absolute Gasteiger partial charge is 0.417 e. The standard InChI is InChI=1S/C24H26F3N3O.C18H14F3N3O/c25-24(26,27)19-12-14-22(28-15-19)30-16-20(23(31)18-9-5-2-6-10-18)21(29-30)13-11-17-7-3-1-4-8-17;19-18(20,21)15-7-9-17(22-10-15)24-11-14(12-25)16(23-24)8-6-13-4-2-1-3-5-13/h1,3-4,7-8,12,14-16,18,23,31H,2,5-6,9-11,13H2;1-5,7,9-12H,6,8H2. The van der Waals surface area contributed by atoms with Crippen LogP contribution in [0.15, 0.2) is 110 Å². The number of pyridine rings is 2. The fourth-order valence-corrected chi connectivity index (χ4v) is 6.71. The maximum atomic E-state index is 12.9. The molecule has 0 aliphatic heterocycles. The maximum absolute atomic E-state index is 12.9. The monoisotopic (exact) mass is 774 g/mol. The number of hydrogen-bond donors (Lipinski definition) is 1. The fourth-order valence-electron chi connectivity index (χ4n) is 6.71. The number of alkyl halides is 6. The molecule has 1 aliphatic carbocycles. The summed E-state index contributed by atoms with van der Waals surface area (Å²) in [5, 5.41) is 20.0. The van der Waals surface area contributed by atoms with E-state index in [4.69, 9.17) is 0 Å². The van der Waals surface area contributed by atoms with Crippen LogP contribution in [0.25, 0.3) is 11.6 Å². The van der Waals surface area contributed by atoms with Gasteiger partial charge in [0.05, 0.1) is 34.2 Å². The number of aryl methyl sites for hydroxylation is 4. The van der Waals surface area contributed by atoms with Gasteiger partial charge in [-0.05, 0) is 79.8 Å². The summed E-state index contributed by atoms with van der Waals surface area (Å²) in [6, 6.07) is 24.3. The quantitative estimate of drug-likeness (QED) is 0.104. The second-order valence-corrected chi connectivity index (χ2v) is 13.7. The Balaban J connectivity index is 0.000000194. The van der Waals surface area contributed by atoms with Gasteiger partial charge in [-0.1, -0.05) is 79.9 Å². The number of benzene rings is 2. The minimum atomic E-state index is -4.44. The minimum absolute atomic E-state index is 0.183. The molecule has 56 heavy (non-hydrogen) atoms. The minimum Gasteiger partial charge on any atom is -0.388 e. The van der Waals surface area contributed by atoms with Crippen molar-refractivity contribution in [3.63, 3.8) is 0 Å². The van der Waals surface area contributed by atoms with E-state index < -0.39 is 29.6 Å². The second kappa shape index (κ2) is 17.9. The zero-order chi connectivity index (χ0) is 39.7. The topological polar surface area (TPSA) is 98.7 Å². The third-order valence-corrected chi connectivity index (χ3v) is 9.79. The van der Waals surface area contributed by atoms with Crippen LogP contribution >= 0.6 is 0 Å². The molecular formula is C42H40F6N6O2. The van der Waals surface area contributed by atoms with Crippen LogP contribution in [0.3, 0.4) is 0 Å². The van der Waals surface area contributed by atoms with Crippen molar-refractivity contribution in [3.05, 3.63) is 154 Å². The van der Waals surface area contributed by atoms with Gasteiger partial charge in [-0.2, -0.15) is 36.5 Å². The molecule has 1 aliphatic rings. The molecule has 0 bridgehead atoms. The molecule has 8 nitrogen and oxygen atoms in total. The molecular weight excluding hydrogens is 734 g/mol. The summed E-state index contributed by atoms with van der Waals surface area (Å²) < 4.78 is 79.2. The van der Waals surface area contributed by atoms with E-state index in [0.717, 1.165) is 73.5 Å². The molecule has 1 unspecified atom stereocenters. The molecule has 1 N–H and O–H groups in total. The van der Waals surface area contributed by atoms with Gasteiger partial charge in [0.25, 0.3) is 0 Å². The lowest BCUT2D eigenvalue weighted by molar-refractivity contribution is -0.138. The highest BCUT2D eigenvalue weighted by molar-refractivity contribution is 5.76. The van der Waals surface area contributed by atoms with Crippen LogP contribution in [0.2, 0.25) is 0 Å². The molecule has 4 aromatic heterocycles. The van der Waals surface area contributed by atoms with Gasteiger partial charge in [-0.15, -0.1) is 0 Å². The molecule has 0 saturated heterocycles. The molecule has 2 aromatic carbocycles. The molecule has 7 rings (SSSR count). The molecule has 6 aromatic rings. The van der Waals surface area contributed by atoms with Crippen LogP contribution in [0.4, 0.5) is 26.3 Å². The lowest BCUT2D eigenvalue weighted by Crippen LogP contribution is -2.16. The van der Waals surface area contributed by atoms with Gasteiger partial charge in [-0.25, -0.2) is 19.3 Å². The summed E-state index contributed by atoms with van der Waals surface area (Å²) in [5.41, 5.74) is 3.16. The molecule has 1 fully saturated rings. The normalized spacial score (nSPS) is 14.2. The average Bonchev–Trinajstić information content (AvgIpc) is 3.84. The molecule has 0 radical (unpaired) electrons. The summed E-state index contributed by atoms with van der Waals surface area (Å²) in [4.78, 5) is 19.0. The number of nitrogens with zero attached hydrogens (tertiary/aromatic N) is 6. The van der Waals surface area contributed by atoms with E-state index in [1.165, 1.54) is 39.7 Å². The maximum Gasteiger partial charge on any atom is 0.417 e. The number of carbonyl (C=O) groups is 1. The number of rotatable bonds is 11. The van der Waals surface area contributed by atoms with Gasteiger partial charge < -0.3 is 5.11 Å². The Bertz CT molecular complexity index is 2140. The van der Waals surface area contributed by atoms with Crippen molar-refractivity contribution < 1.29 is 36.2 Å². The average molecular weight is 775 g/mol. The molecule has 0 amide bonds. The zero-order valence-corrected chi connectivity index (χ0v) is 30.3. The molecule has 1 saturated carbocycles. The third-order valence-electron chi connectivity index (χ3n) is 9.79. The number of aromatic nitrogens is 6. The summed E-state index contributed by atoms with van der Waals surface area (Å²) in [6.07, 6.45) is 3.98. The number of aliphatic hydroxyl groups excluding tert-OH is 1. The van der Waals surface area contributed by atoms with Gasteiger partial charge in [-0.3, -0.25) is 4.79 Å². The summed E-state index contributed by atoms with van der Waals surface area (Å²) in [7, 11) is 0. The van der Waals surface area contributed by atoms with Gasteiger partial charge in [0.2, 0.25) is 0 Å². The first-order valence-electron chi connectivity index (χ1n) is 18.3. The fraction of sp³-hybridized carbons (Fsp3) is 0.310. The van der Waals surface area contributed by atoms with Gasteiger partial charge in [0.1, 0.15) is 0 Å². The van der Waals surface area contributed by atoms with E-state index in [-0.39, 0.29) is 11.7 Å². The number of aliphatic hydroxyl groups is 1. The predicted molar refractivity (Wildman–Crippen MR) is 197 cm³/mol. The van der Waals surface area contributed by atoms with Crippen molar-refractivity contribution >= 4 is 6.29 Å². The molecule has 0 spiro atoms. The highest BCUT2D eigenvalue weighted by atomic mass is 19.4. The lowest BCUT2D eigenvalue weighted by Gasteiger charge is -2.26. The van der Waals surface area contributed by atoms with E-state index in [1.54, 1.807) is 6.20 Å². The van der Waals surface area contributed by atoms with E-state index in [9.17, 15) is 36.2 Å². The van der Waals surface area contributed by atoms with E-state index in [0.29, 0.717) is 42.6 Å². The van der Waals surface area contributed by atoms with Gasteiger partial charge >= 0.3 is 12.4 Å². The van der Waals surface area contributed by atoms with E-state index >= 15 is 0 Å². The third kappa shape index (κ3) is 10.4. The van der Waals surface area contributed by atoms with Crippen LogP contribution in [-0.2, 0) is 38.0 Å². The molecule has 292 valence electrons. The first-order valence-corrected chi connectivity index (χ1v) is 18.3. The van der Waals surface area contributed by atoms with Crippen molar-refractivity contribution in [1.82, 2.24) is 29.5 Å². The Labute approximate surface area is 319 Å². The SMILES string of the molecule is O=Cc1cn(-c2ccc(C(F)(F)F)cn2)nc1CCc1ccccc1.OC(c1cn(-c2ccc(C(F)(F)F)cn2)nc1CCc1ccccc1)C1CCCCC1. The van der Waals surface area contributed by atoms with Crippen LogP contribution < -0.4 is 0 Å². The predicted octanol–water partition coefficient (Wildman–Crippen LogP) is 9.57. The van der Waals surface area contributed by atoms with Crippen molar-refractivity contribution in [2.75, 3.05) is 0 Å². The number of halogens is 6. The summed E-state index contributed by atoms with van der Waals surface area (Å²) in [5.74, 6) is 0.709. The highest BCUT2D eigenvalue weighted by Crippen LogP contribution is 2.36. The van der Waals surface area contributed by atoms with Crippen LogP contribution in [0.1, 0.15) is 87.8 Å². The summed E-state index contributed by atoms with van der Waals surface area (Å²) in [6.45, 7) is 0. The molecule has 4 heterocycles. The zero-order valence-electron chi connectivity index (χ0n) is 30.3. The Morgan fingerprint density at radius 2 is 1.12 bits per heavy atom. The van der Waals surface area contributed by atoms with E-state index in [2.05, 4.69) is 20.2 Å². The van der Waals surface area contributed by atoms with Gasteiger partial charge in [0.15, 0.2) is 17.9 Å². The van der Waals surface area contributed by atoms with Crippen LogP contribution in [0, 0.1) is 5.92 Å². The van der Waals surface area contributed by atoms with Crippen LogP contribution in [-0.4, -0.2) is 40.9 Å². The molecule has 14 heteroatoms. The highest BCUT2D eigenvalue weighted by Gasteiger charge is 2.32. The Morgan fingerprint density at radius 1 is 0.643 bits per heavy atom. The van der Waals surface area contributed by atoms with Crippen molar-refractivity contribution in [2.24, 2.45) is 5.92 Å². The van der Waals surface area contributed by atoms with Gasteiger partial charge in [0, 0.05) is 30.4 Å². The first-order chi connectivity index (χ1) is 26.9. The second-order valence-electron chi connectivity index (χ2n) is 13.7. The lowest BCUT2D eigenvalue weighted by atomic mass is 9.82. The van der Waals surface area contributed by atoms with Crippen molar-refractivity contribution in [2.45, 2.75) is 76.2 Å². The van der Waals surface area contributed by atoms with Crippen LogP contribution in [0.5, 0.6) is 0 Å². The smallest absolute Gasteiger partial charge is 0.388 e. The van der Waals surface area contributed by atoms with Crippen molar-refractivity contribution in [1.29, 1.82) is 0 Å². The number of carbonyl (C=O) groups excluding carboxylic acids is 1. The Kier molecular flexibility index (Phi) is 12.8. The first kappa shape index (κ1) is 40.0. The Morgan fingerprint density at radius 3 is 1.59 bits per heavy atom. The van der Waals surface area contributed by atoms with Crippen molar-refractivity contribution in [3.8, 4) is 11.6 Å². The molecule has 1 atom stereocenters. The number of hydrogen-bond acceptors (Lipinski definition) is 6. The van der Waals surface area contributed by atoms with E-state index in [1.807, 2.05) is 60.7 Å². The number of aldehydes is 1. The summed E-state index contributed by atoms with van der Waals surface area (Å²) >= 11 is 0.